The minimum atomic E-state index is -0.156. The average Bonchev–Trinajstić information content (AvgIpc) is 2.50. The van der Waals surface area contributed by atoms with Gasteiger partial charge in [0.15, 0.2) is 0 Å². The molecule has 2 nitrogen and oxygen atoms in total. The summed E-state index contributed by atoms with van der Waals surface area (Å²) in [6, 6.07) is 5.60. The van der Waals surface area contributed by atoms with Crippen molar-refractivity contribution in [3.8, 4) is 11.5 Å². The molecule has 1 aromatic rings. The Bertz CT molecular complexity index is 678. The normalized spacial score (nSPS) is 42.2. The highest BCUT2D eigenvalue weighted by Gasteiger charge is 2.68. The van der Waals surface area contributed by atoms with Gasteiger partial charge in [0.25, 0.3) is 0 Å². The van der Waals surface area contributed by atoms with Gasteiger partial charge in [-0.2, -0.15) is 0 Å². The van der Waals surface area contributed by atoms with Crippen LogP contribution in [0.1, 0.15) is 58.4 Å². The molecular formula is C21H28O2. The van der Waals surface area contributed by atoms with Crippen LogP contribution < -0.4 is 4.74 Å². The second kappa shape index (κ2) is 4.55. The van der Waals surface area contributed by atoms with Crippen molar-refractivity contribution in [3.05, 3.63) is 35.9 Å². The van der Waals surface area contributed by atoms with E-state index in [2.05, 4.69) is 27.4 Å². The van der Waals surface area contributed by atoms with Crippen molar-refractivity contribution in [2.45, 2.75) is 64.9 Å². The summed E-state index contributed by atoms with van der Waals surface area (Å²) in [5, 5.41) is 9.89. The van der Waals surface area contributed by atoms with E-state index in [1.807, 2.05) is 12.1 Å². The Morgan fingerprint density at radius 1 is 1.26 bits per heavy atom. The molecule has 3 aliphatic rings. The zero-order chi connectivity index (χ0) is 16.5. The van der Waals surface area contributed by atoms with Crippen LogP contribution in [-0.2, 0) is 6.42 Å². The molecule has 1 N–H and O–H groups in total. The molecule has 0 amide bonds. The first kappa shape index (κ1) is 15.1. The van der Waals surface area contributed by atoms with E-state index in [-0.39, 0.29) is 16.4 Å². The number of phenolic OH excluding ortho intramolecular Hbond substituents is 1. The lowest BCUT2D eigenvalue weighted by Gasteiger charge is -2.67. The van der Waals surface area contributed by atoms with Crippen LogP contribution in [-0.4, -0.2) is 10.7 Å². The smallest absolute Gasteiger partial charge is 0.124 e. The fourth-order valence-electron chi connectivity index (χ4n) is 5.89. The van der Waals surface area contributed by atoms with E-state index in [1.165, 1.54) is 24.8 Å². The van der Waals surface area contributed by atoms with Crippen LogP contribution in [0.3, 0.4) is 0 Å². The highest BCUT2D eigenvalue weighted by Crippen LogP contribution is 2.68. The van der Waals surface area contributed by atoms with E-state index in [9.17, 15) is 5.11 Å². The number of phenols is 1. The van der Waals surface area contributed by atoms with Crippen molar-refractivity contribution in [2.24, 2.45) is 16.7 Å². The minimum absolute atomic E-state index is 0.0576. The zero-order valence-electron chi connectivity index (χ0n) is 14.6. The van der Waals surface area contributed by atoms with Gasteiger partial charge in [0.1, 0.15) is 17.1 Å². The van der Waals surface area contributed by atoms with Crippen LogP contribution in [0.4, 0.5) is 0 Å². The SMILES string of the molecule is C=C1CCC[C@@]23Oc4ccc(O)cc4C[C@]2(C)[C@@H](C)CC[C@@]13C. The van der Waals surface area contributed by atoms with Gasteiger partial charge in [-0.05, 0) is 68.2 Å². The van der Waals surface area contributed by atoms with Gasteiger partial charge in [-0.3, -0.25) is 0 Å². The Kier molecular flexibility index (Phi) is 2.99. The topological polar surface area (TPSA) is 29.5 Å². The first-order chi connectivity index (χ1) is 10.8. The summed E-state index contributed by atoms with van der Waals surface area (Å²) in [5.41, 5.74) is 2.53. The molecule has 0 unspecified atom stereocenters. The Labute approximate surface area is 139 Å². The van der Waals surface area contributed by atoms with E-state index in [1.54, 1.807) is 6.07 Å². The maximum atomic E-state index is 9.89. The Morgan fingerprint density at radius 2 is 2.04 bits per heavy atom. The van der Waals surface area contributed by atoms with Gasteiger partial charge >= 0.3 is 0 Å². The second-order valence-electron chi connectivity index (χ2n) is 8.54. The van der Waals surface area contributed by atoms with Crippen molar-refractivity contribution in [2.75, 3.05) is 0 Å². The van der Waals surface area contributed by atoms with E-state index in [0.717, 1.165) is 30.6 Å². The third kappa shape index (κ3) is 1.70. The third-order valence-corrected chi connectivity index (χ3v) is 7.65. The maximum Gasteiger partial charge on any atom is 0.124 e. The van der Waals surface area contributed by atoms with Crippen molar-refractivity contribution in [1.29, 1.82) is 0 Å². The molecular weight excluding hydrogens is 284 g/mol. The van der Waals surface area contributed by atoms with Crippen molar-refractivity contribution in [1.82, 2.24) is 0 Å². The number of aromatic hydroxyl groups is 1. The molecule has 2 saturated carbocycles. The quantitative estimate of drug-likeness (QED) is 0.663. The van der Waals surface area contributed by atoms with Crippen LogP contribution in [0.2, 0.25) is 0 Å². The van der Waals surface area contributed by atoms with Crippen LogP contribution in [0.25, 0.3) is 0 Å². The highest BCUT2D eigenvalue weighted by atomic mass is 16.5. The van der Waals surface area contributed by atoms with E-state index < -0.39 is 0 Å². The van der Waals surface area contributed by atoms with E-state index in [0.29, 0.717) is 11.7 Å². The standard InChI is InChI=1S/C21H28O2/c1-14-6-5-10-21-19(14,3)11-9-15(2)20(21,4)13-16-12-17(22)7-8-18(16)23-21/h7-8,12,15,22H,1,5-6,9-11,13H2,2-4H3/t15-,19-,20+,21-/m0/s1. The summed E-state index contributed by atoms with van der Waals surface area (Å²) in [6.45, 7) is 11.7. The molecule has 0 radical (unpaired) electrons. The fraction of sp³-hybridized carbons (Fsp3) is 0.619. The number of benzene rings is 1. The second-order valence-corrected chi connectivity index (χ2v) is 8.54. The fourth-order valence-corrected chi connectivity index (χ4v) is 5.89. The van der Waals surface area contributed by atoms with Gasteiger partial charge in [-0.15, -0.1) is 0 Å². The van der Waals surface area contributed by atoms with Gasteiger partial charge in [-0.25, -0.2) is 0 Å². The minimum Gasteiger partial charge on any atom is -0.508 e. The van der Waals surface area contributed by atoms with E-state index >= 15 is 0 Å². The van der Waals surface area contributed by atoms with Crippen LogP contribution in [0, 0.1) is 16.7 Å². The van der Waals surface area contributed by atoms with Gasteiger partial charge in [0, 0.05) is 10.8 Å². The summed E-state index contributed by atoms with van der Waals surface area (Å²) in [5.74, 6) is 1.92. The van der Waals surface area contributed by atoms with Crippen molar-refractivity contribution >= 4 is 0 Å². The lowest BCUT2D eigenvalue weighted by Crippen LogP contribution is -2.69. The third-order valence-electron chi connectivity index (χ3n) is 7.65. The zero-order valence-corrected chi connectivity index (χ0v) is 14.6. The summed E-state index contributed by atoms with van der Waals surface area (Å²) in [7, 11) is 0. The molecule has 0 aromatic heterocycles. The van der Waals surface area contributed by atoms with Crippen molar-refractivity contribution < 1.29 is 9.84 Å². The Hall–Kier alpha value is -1.44. The number of hydrogen-bond acceptors (Lipinski definition) is 2. The summed E-state index contributed by atoms with van der Waals surface area (Å²) in [6.07, 6.45) is 6.81. The first-order valence-corrected chi connectivity index (χ1v) is 9.02. The molecule has 0 saturated heterocycles. The molecule has 2 heteroatoms. The van der Waals surface area contributed by atoms with E-state index in [4.69, 9.17) is 4.74 Å². The van der Waals surface area contributed by atoms with Gasteiger partial charge in [0.2, 0.25) is 0 Å². The Morgan fingerprint density at radius 3 is 2.83 bits per heavy atom. The van der Waals surface area contributed by atoms with Crippen LogP contribution >= 0.6 is 0 Å². The Balaban J connectivity index is 1.93. The molecule has 1 aliphatic heterocycles. The molecule has 2 fully saturated rings. The molecule has 2 aliphatic carbocycles. The number of fused-ring (bicyclic) bond motifs is 1. The molecule has 0 bridgehead atoms. The number of rotatable bonds is 0. The van der Waals surface area contributed by atoms with Gasteiger partial charge in [-0.1, -0.05) is 32.9 Å². The van der Waals surface area contributed by atoms with Crippen LogP contribution in [0.5, 0.6) is 11.5 Å². The summed E-state index contributed by atoms with van der Waals surface area (Å²) < 4.78 is 6.86. The van der Waals surface area contributed by atoms with Crippen molar-refractivity contribution in [3.63, 3.8) is 0 Å². The molecule has 23 heavy (non-hydrogen) atoms. The number of ether oxygens (including phenoxy) is 1. The molecule has 4 rings (SSSR count). The summed E-state index contributed by atoms with van der Waals surface area (Å²) in [4.78, 5) is 0. The van der Waals surface area contributed by atoms with Gasteiger partial charge in [0.05, 0.1) is 0 Å². The maximum absolute atomic E-state index is 9.89. The monoisotopic (exact) mass is 312 g/mol. The van der Waals surface area contributed by atoms with Gasteiger partial charge < -0.3 is 9.84 Å². The number of hydrogen-bond donors (Lipinski definition) is 1. The average molecular weight is 312 g/mol. The van der Waals surface area contributed by atoms with Crippen LogP contribution in [0.15, 0.2) is 30.4 Å². The molecule has 124 valence electrons. The molecule has 1 heterocycles. The molecule has 4 atom stereocenters. The lowest BCUT2D eigenvalue weighted by atomic mass is 9.42. The first-order valence-electron chi connectivity index (χ1n) is 9.02. The molecule has 1 spiro atoms. The predicted molar refractivity (Wildman–Crippen MR) is 92.8 cm³/mol. The molecule has 1 aromatic carbocycles. The highest BCUT2D eigenvalue weighted by molar-refractivity contribution is 5.45. The predicted octanol–water partition coefficient (Wildman–Crippen LogP) is 5.25. The summed E-state index contributed by atoms with van der Waals surface area (Å²) >= 11 is 0. The largest absolute Gasteiger partial charge is 0.508 e. The lowest BCUT2D eigenvalue weighted by molar-refractivity contribution is -0.202.